The molecule has 0 N–H and O–H groups in total. The Labute approximate surface area is 87.3 Å². The third-order valence-corrected chi connectivity index (χ3v) is 3.98. The zero-order chi connectivity index (χ0) is 10.3. The molecular formula is C13H22O. The Hall–Kier alpha value is -0.330. The van der Waals surface area contributed by atoms with Crippen molar-refractivity contribution >= 4 is 5.78 Å². The lowest BCUT2D eigenvalue weighted by atomic mass is 9.62. The summed E-state index contributed by atoms with van der Waals surface area (Å²) in [6, 6.07) is 0. The van der Waals surface area contributed by atoms with Crippen LogP contribution >= 0.6 is 0 Å². The molecule has 0 aromatic carbocycles. The van der Waals surface area contributed by atoms with E-state index in [4.69, 9.17) is 0 Å². The molecule has 1 nitrogen and oxygen atoms in total. The topological polar surface area (TPSA) is 17.1 Å². The van der Waals surface area contributed by atoms with Gasteiger partial charge in [-0.25, -0.2) is 0 Å². The van der Waals surface area contributed by atoms with E-state index in [1.165, 1.54) is 25.7 Å². The first kappa shape index (κ1) is 10.2. The van der Waals surface area contributed by atoms with Crippen LogP contribution in [0.3, 0.4) is 0 Å². The van der Waals surface area contributed by atoms with Crippen LogP contribution in [0.5, 0.6) is 0 Å². The molecular weight excluding hydrogens is 172 g/mol. The minimum Gasteiger partial charge on any atom is -0.299 e. The van der Waals surface area contributed by atoms with Gasteiger partial charge in [0.05, 0.1) is 0 Å². The molecule has 2 aliphatic rings. The first-order valence-electron chi connectivity index (χ1n) is 5.99. The summed E-state index contributed by atoms with van der Waals surface area (Å²) in [7, 11) is 0. The smallest absolute Gasteiger partial charge is 0.136 e. The molecule has 0 unspecified atom stereocenters. The van der Waals surface area contributed by atoms with Crippen molar-refractivity contribution in [3.63, 3.8) is 0 Å². The molecule has 0 amide bonds. The molecule has 1 heteroatoms. The zero-order valence-corrected chi connectivity index (χ0v) is 9.68. The Balaban J connectivity index is 1.70. The van der Waals surface area contributed by atoms with Crippen molar-refractivity contribution < 1.29 is 4.79 Å². The molecule has 0 heterocycles. The van der Waals surface area contributed by atoms with E-state index >= 15 is 0 Å². The monoisotopic (exact) mass is 194 g/mol. The molecule has 0 spiro atoms. The van der Waals surface area contributed by atoms with Crippen LogP contribution in [0.4, 0.5) is 0 Å². The Morgan fingerprint density at radius 2 is 1.79 bits per heavy atom. The first-order chi connectivity index (χ1) is 6.47. The lowest BCUT2D eigenvalue weighted by Crippen LogP contribution is -2.35. The first-order valence-corrected chi connectivity index (χ1v) is 5.99. The molecule has 0 atom stereocenters. The number of ketones is 1. The van der Waals surface area contributed by atoms with Crippen molar-refractivity contribution in [2.24, 2.45) is 23.2 Å². The molecule has 2 fully saturated rings. The highest BCUT2D eigenvalue weighted by molar-refractivity contribution is 5.83. The fourth-order valence-electron chi connectivity index (χ4n) is 2.47. The number of hydrogen-bond donors (Lipinski definition) is 0. The van der Waals surface area contributed by atoms with Crippen LogP contribution in [0, 0.1) is 23.2 Å². The lowest BCUT2D eigenvalue weighted by Gasteiger charge is -2.43. The number of carbonyl (C=O) groups is 1. The molecule has 0 aromatic rings. The normalized spacial score (nSPS) is 32.5. The van der Waals surface area contributed by atoms with Gasteiger partial charge in [-0.1, -0.05) is 20.8 Å². The summed E-state index contributed by atoms with van der Waals surface area (Å²) in [4.78, 5) is 11.6. The fourth-order valence-corrected chi connectivity index (χ4v) is 2.47. The fraction of sp³-hybridized carbons (Fsp3) is 0.923. The minimum atomic E-state index is 0.457. The van der Waals surface area contributed by atoms with Gasteiger partial charge in [-0.15, -0.1) is 0 Å². The molecule has 0 radical (unpaired) electrons. The van der Waals surface area contributed by atoms with Gasteiger partial charge in [0.15, 0.2) is 0 Å². The molecule has 2 rings (SSSR count). The van der Waals surface area contributed by atoms with Gasteiger partial charge in [0.2, 0.25) is 0 Å². The Morgan fingerprint density at radius 1 is 1.21 bits per heavy atom. The highest BCUT2D eigenvalue weighted by atomic mass is 16.1. The van der Waals surface area contributed by atoms with Crippen molar-refractivity contribution in [1.82, 2.24) is 0 Å². The van der Waals surface area contributed by atoms with Crippen molar-refractivity contribution in [3.8, 4) is 0 Å². The second-order valence-corrected chi connectivity index (χ2v) is 6.35. The van der Waals surface area contributed by atoms with Gasteiger partial charge < -0.3 is 0 Å². The van der Waals surface area contributed by atoms with E-state index < -0.39 is 0 Å². The maximum atomic E-state index is 11.6. The zero-order valence-electron chi connectivity index (χ0n) is 9.68. The second kappa shape index (κ2) is 3.36. The Kier molecular flexibility index (Phi) is 2.45. The molecule has 2 aliphatic carbocycles. The number of carbonyl (C=O) groups excluding carboxylic acids is 1. The van der Waals surface area contributed by atoms with Gasteiger partial charge in [0, 0.05) is 12.3 Å². The van der Waals surface area contributed by atoms with Gasteiger partial charge in [-0.2, -0.15) is 0 Å². The van der Waals surface area contributed by atoms with Crippen LogP contribution in [0.1, 0.15) is 52.9 Å². The molecule has 0 bridgehead atoms. The van der Waals surface area contributed by atoms with Gasteiger partial charge in [0.1, 0.15) is 5.78 Å². The van der Waals surface area contributed by atoms with E-state index in [0.717, 1.165) is 18.3 Å². The molecule has 0 aliphatic heterocycles. The average molecular weight is 194 g/mol. The van der Waals surface area contributed by atoms with E-state index in [9.17, 15) is 4.79 Å². The largest absolute Gasteiger partial charge is 0.299 e. The predicted octanol–water partition coefficient (Wildman–Crippen LogP) is 3.43. The molecule has 0 aromatic heterocycles. The number of hydrogen-bond acceptors (Lipinski definition) is 1. The summed E-state index contributed by atoms with van der Waals surface area (Å²) in [6.45, 7) is 6.95. The molecule has 0 saturated heterocycles. The van der Waals surface area contributed by atoms with Gasteiger partial charge in [-0.05, 0) is 42.9 Å². The lowest BCUT2D eigenvalue weighted by molar-refractivity contribution is -0.122. The average Bonchev–Trinajstić information content (AvgIpc) is 2.73. The third-order valence-electron chi connectivity index (χ3n) is 3.98. The van der Waals surface area contributed by atoms with E-state index in [1.807, 2.05) is 0 Å². The Bertz CT molecular complexity index is 226. The van der Waals surface area contributed by atoms with Gasteiger partial charge >= 0.3 is 0 Å². The summed E-state index contributed by atoms with van der Waals surface area (Å²) in [5.74, 6) is 2.62. The number of Topliss-reactive ketones (excluding diaryl/α,β-unsaturated/α-hetero) is 1. The van der Waals surface area contributed by atoms with E-state index in [2.05, 4.69) is 20.8 Å². The van der Waals surface area contributed by atoms with Crippen molar-refractivity contribution in [3.05, 3.63) is 0 Å². The predicted molar refractivity (Wildman–Crippen MR) is 58.0 cm³/mol. The second-order valence-electron chi connectivity index (χ2n) is 6.35. The summed E-state index contributed by atoms with van der Waals surface area (Å²) in [6.07, 6.45) is 5.82. The van der Waals surface area contributed by atoms with Crippen LogP contribution in [0.25, 0.3) is 0 Å². The third kappa shape index (κ3) is 2.18. The number of rotatable bonds is 3. The highest BCUT2D eigenvalue weighted by Gasteiger charge is 2.39. The van der Waals surface area contributed by atoms with Crippen LogP contribution in [0.2, 0.25) is 0 Å². The molecule has 14 heavy (non-hydrogen) atoms. The Morgan fingerprint density at radius 3 is 2.21 bits per heavy atom. The van der Waals surface area contributed by atoms with Crippen LogP contribution < -0.4 is 0 Å². The van der Waals surface area contributed by atoms with E-state index in [1.54, 1.807) is 0 Å². The SMILES string of the molecule is CC(C)(C)C1CC(CC(=O)C2CC2)C1. The summed E-state index contributed by atoms with van der Waals surface area (Å²) in [5.41, 5.74) is 0.457. The minimum absolute atomic E-state index is 0.457. The van der Waals surface area contributed by atoms with Crippen molar-refractivity contribution in [2.45, 2.75) is 52.9 Å². The summed E-state index contributed by atoms with van der Waals surface area (Å²) in [5, 5.41) is 0. The van der Waals surface area contributed by atoms with E-state index in [-0.39, 0.29) is 0 Å². The van der Waals surface area contributed by atoms with Crippen LogP contribution in [-0.4, -0.2) is 5.78 Å². The van der Waals surface area contributed by atoms with E-state index in [0.29, 0.717) is 17.1 Å². The molecule has 2 saturated carbocycles. The van der Waals surface area contributed by atoms with Gasteiger partial charge in [0.25, 0.3) is 0 Å². The van der Waals surface area contributed by atoms with Gasteiger partial charge in [-0.3, -0.25) is 4.79 Å². The van der Waals surface area contributed by atoms with Crippen molar-refractivity contribution in [2.75, 3.05) is 0 Å². The maximum absolute atomic E-state index is 11.6. The summed E-state index contributed by atoms with van der Waals surface area (Å²) < 4.78 is 0. The highest BCUT2D eigenvalue weighted by Crippen LogP contribution is 2.47. The standard InChI is InChI=1S/C13H22O/c1-13(2,3)11-6-9(7-11)8-12(14)10-4-5-10/h9-11H,4-8H2,1-3H3. The van der Waals surface area contributed by atoms with Crippen LogP contribution in [0.15, 0.2) is 0 Å². The quantitative estimate of drug-likeness (QED) is 0.672. The molecule has 80 valence electrons. The van der Waals surface area contributed by atoms with Crippen LogP contribution in [-0.2, 0) is 4.79 Å². The van der Waals surface area contributed by atoms with Crippen molar-refractivity contribution in [1.29, 1.82) is 0 Å². The maximum Gasteiger partial charge on any atom is 0.136 e. The summed E-state index contributed by atoms with van der Waals surface area (Å²) >= 11 is 0.